The number of hydrogen-bond acceptors (Lipinski definition) is 4. The van der Waals surface area contributed by atoms with Crippen molar-refractivity contribution in [2.75, 3.05) is 19.0 Å². The third kappa shape index (κ3) is 5.33. The molecule has 0 fully saturated rings. The maximum atomic E-state index is 12.4. The molecule has 0 aliphatic heterocycles. The largest absolute Gasteiger partial charge is 0.497 e. The Hall–Kier alpha value is -3.34. The molecular weight excluding hydrogens is 350 g/mol. The molecule has 0 saturated carbocycles. The van der Waals surface area contributed by atoms with Gasteiger partial charge in [-0.3, -0.25) is 4.79 Å². The van der Waals surface area contributed by atoms with Crippen molar-refractivity contribution in [2.24, 2.45) is 0 Å². The molecule has 2 N–H and O–H groups in total. The molecule has 0 spiro atoms. The van der Waals surface area contributed by atoms with Crippen LogP contribution in [0.1, 0.15) is 28.4 Å². The number of aryl methyl sites for hydroxylation is 1. The Balaban J connectivity index is 1.55. The number of nitrogens with one attached hydrogen (secondary N) is 2. The summed E-state index contributed by atoms with van der Waals surface area (Å²) in [6.07, 6.45) is 3.40. The number of anilines is 2. The average Bonchev–Trinajstić information content (AvgIpc) is 2.75. The summed E-state index contributed by atoms with van der Waals surface area (Å²) in [4.78, 5) is 16.7. The van der Waals surface area contributed by atoms with Gasteiger partial charge >= 0.3 is 0 Å². The number of ether oxygens (including phenoxy) is 1. The predicted octanol–water partition coefficient (Wildman–Crippen LogP) is 4.37. The highest BCUT2D eigenvalue weighted by atomic mass is 16.5. The summed E-state index contributed by atoms with van der Waals surface area (Å²) in [5, 5.41) is 6.20. The number of methoxy groups -OCH3 is 1. The van der Waals surface area contributed by atoms with Crippen LogP contribution in [0.4, 0.5) is 11.5 Å². The van der Waals surface area contributed by atoms with Crippen LogP contribution in [0.5, 0.6) is 5.75 Å². The monoisotopic (exact) mass is 375 g/mol. The van der Waals surface area contributed by atoms with Gasteiger partial charge in [-0.1, -0.05) is 31.2 Å². The summed E-state index contributed by atoms with van der Waals surface area (Å²) in [6, 6.07) is 19.5. The second-order valence-corrected chi connectivity index (χ2v) is 6.46. The minimum atomic E-state index is -0.111. The zero-order valence-corrected chi connectivity index (χ0v) is 16.2. The Morgan fingerprint density at radius 3 is 2.39 bits per heavy atom. The van der Waals surface area contributed by atoms with Crippen molar-refractivity contribution in [1.82, 2.24) is 10.3 Å². The second kappa shape index (κ2) is 9.55. The van der Waals surface area contributed by atoms with Gasteiger partial charge < -0.3 is 15.4 Å². The number of pyridine rings is 1. The molecule has 144 valence electrons. The lowest BCUT2D eigenvalue weighted by atomic mass is 10.1. The van der Waals surface area contributed by atoms with Gasteiger partial charge in [-0.15, -0.1) is 0 Å². The minimum Gasteiger partial charge on any atom is -0.497 e. The summed E-state index contributed by atoms with van der Waals surface area (Å²) in [5.74, 6) is 1.36. The Labute approximate surface area is 165 Å². The van der Waals surface area contributed by atoms with Crippen molar-refractivity contribution in [3.8, 4) is 5.75 Å². The van der Waals surface area contributed by atoms with Crippen LogP contribution >= 0.6 is 0 Å². The standard InChI is InChI=1S/C23H25N3O2/c1-3-17-4-8-20(9-5-17)26-22-16-19(13-15-24-22)23(27)25-14-12-18-6-10-21(28-2)11-7-18/h4-11,13,15-16H,3,12,14H2,1-2H3,(H,24,26)(H,25,27). The molecule has 3 aromatic rings. The number of amides is 1. The van der Waals surface area contributed by atoms with Gasteiger partial charge in [-0.2, -0.15) is 0 Å². The van der Waals surface area contributed by atoms with Gasteiger partial charge in [0.2, 0.25) is 0 Å². The number of nitrogens with zero attached hydrogens (tertiary/aromatic N) is 1. The fourth-order valence-electron chi connectivity index (χ4n) is 2.83. The minimum absolute atomic E-state index is 0.111. The quantitative estimate of drug-likeness (QED) is 0.614. The fraction of sp³-hybridized carbons (Fsp3) is 0.217. The Bertz CT molecular complexity index is 906. The molecule has 0 bridgehead atoms. The lowest BCUT2D eigenvalue weighted by molar-refractivity contribution is 0.0954. The van der Waals surface area contributed by atoms with E-state index in [1.54, 1.807) is 25.4 Å². The van der Waals surface area contributed by atoms with Crippen molar-refractivity contribution >= 4 is 17.4 Å². The number of aromatic nitrogens is 1. The summed E-state index contributed by atoms with van der Waals surface area (Å²) >= 11 is 0. The molecule has 0 aliphatic carbocycles. The molecule has 1 aromatic heterocycles. The van der Waals surface area contributed by atoms with E-state index in [-0.39, 0.29) is 5.91 Å². The van der Waals surface area contributed by atoms with Crippen LogP contribution in [0.3, 0.4) is 0 Å². The lowest BCUT2D eigenvalue weighted by Gasteiger charge is -2.09. The molecule has 0 saturated heterocycles. The SMILES string of the molecule is CCc1ccc(Nc2cc(C(=O)NCCc3ccc(OC)cc3)ccn2)cc1. The van der Waals surface area contributed by atoms with Crippen molar-refractivity contribution in [3.05, 3.63) is 83.6 Å². The van der Waals surface area contributed by atoms with Gasteiger partial charge in [-0.25, -0.2) is 4.98 Å². The van der Waals surface area contributed by atoms with Gasteiger partial charge in [0.15, 0.2) is 0 Å². The molecule has 5 nitrogen and oxygen atoms in total. The predicted molar refractivity (Wildman–Crippen MR) is 112 cm³/mol. The number of hydrogen-bond donors (Lipinski definition) is 2. The van der Waals surface area contributed by atoms with Crippen LogP contribution in [0.2, 0.25) is 0 Å². The highest BCUT2D eigenvalue weighted by molar-refractivity contribution is 5.94. The van der Waals surface area contributed by atoms with Crippen LogP contribution in [0.25, 0.3) is 0 Å². The summed E-state index contributed by atoms with van der Waals surface area (Å²) in [6.45, 7) is 2.69. The van der Waals surface area contributed by atoms with Crippen LogP contribution in [-0.2, 0) is 12.8 Å². The zero-order valence-electron chi connectivity index (χ0n) is 16.2. The maximum absolute atomic E-state index is 12.4. The fourth-order valence-corrected chi connectivity index (χ4v) is 2.83. The van der Waals surface area contributed by atoms with Gasteiger partial charge in [0.1, 0.15) is 11.6 Å². The number of benzene rings is 2. The van der Waals surface area contributed by atoms with Crippen molar-refractivity contribution < 1.29 is 9.53 Å². The number of carbonyl (C=O) groups excluding carboxylic acids is 1. The molecule has 0 unspecified atom stereocenters. The smallest absolute Gasteiger partial charge is 0.251 e. The Morgan fingerprint density at radius 1 is 1.00 bits per heavy atom. The Kier molecular flexibility index (Phi) is 6.63. The van der Waals surface area contributed by atoms with Crippen LogP contribution in [0, 0.1) is 0 Å². The van der Waals surface area contributed by atoms with E-state index in [1.165, 1.54) is 5.56 Å². The summed E-state index contributed by atoms with van der Waals surface area (Å²) in [7, 11) is 1.65. The highest BCUT2D eigenvalue weighted by Crippen LogP contribution is 2.17. The van der Waals surface area contributed by atoms with E-state index in [2.05, 4.69) is 34.7 Å². The van der Waals surface area contributed by atoms with Crippen LogP contribution in [-0.4, -0.2) is 24.5 Å². The highest BCUT2D eigenvalue weighted by Gasteiger charge is 2.07. The van der Waals surface area contributed by atoms with Crippen molar-refractivity contribution in [2.45, 2.75) is 19.8 Å². The molecule has 2 aromatic carbocycles. The van der Waals surface area contributed by atoms with Gasteiger partial charge in [0, 0.05) is 24.0 Å². The first-order valence-corrected chi connectivity index (χ1v) is 9.41. The molecule has 0 aliphatic rings. The first-order valence-electron chi connectivity index (χ1n) is 9.41. The van der Waals surface area contributed by atoms with E-state index in [4.69, 9.17) is 4.74 Å². The normalized spacial score (nSPS) is 10.4. The van der Waals surface area contributed by atoms with E-state index < -0.39 is 0 Å². The second-order valence-electron chi connectivity index (χ2n) is 6.46. The molecule has 28 heavy (non-hydrogen) atoms. The molecule has 0 atom stereocenters. The molecule has 1 heterocycles. The molecule has 3 rings (SSSR count). The van der Waals surface area contributed by atoms with Crippen molar-refractivity contribution in [1.29, 1.82) is 0 Å². The van der Waals surface area contributed by atoms with E-state index in [0.29, 0.717) is 17.9 Å². The van der Waals surface area contributed by atoms with Gasteiger partial charge in [0.05, 0.1) is 7.11 Å². The van der Waals surface area contributed by atoms with E-state index in [9.17, 15) is 4.79 Å². The molecule has 0 radical (unpaired) electrons. The van der Waals surface area contributed by atoms with Crippen LogP contribution < -0.4 is 15.4 Å². The van der Waals surface area contributed by atoms with Gasteiger partial charge in [-0.05, 0) is 60.4 Å². The molecular formula is C23H25N3O2. The van der Waals surface area contributed by atoms with Gasteiger partial charge in [0.25, 0.3) is 5.91 Å². The van der Waals surface area contributed by atoms with E-state index in [1.807, 2.05) is 36.4 Å². The van der Waals surface area contributed by atoms with E-state index >= 15 is 0 Å². The molecule has 5 heteroatoms. The number of carbonyl (C=O) groups is 1. The third-order valence-electron chi connectivity index (χ3n) is 4.52. The third-order valence-corrected chi connectivity index (χ3v) is 4.52. The lowest BCUT2D eigenvalue weighted by Crippen LogP contribution is -2.25. The van der Waals surface area contributed by atoms with Crippen LogP contribution in [0.15, 0.2) is 66.9 Å². The first-order chi connectivity index (χ1) is 13.7. The Morgan fingerprint density at radius 2 is 1.71 bits per heavy atom. The average molecular weight is 375 g/mol. The van der Waals surface area contributed by atoms with Crippen molar-refractivity contribution in [3.63, 3.8) is 0 Å². The maximum Gasteiger partial charge on any atom is 0.251 e. The summed E-state index contributed by atoms with van der Waals surface area (Å²) < 4.78 is 5.15. The first kappa shape index (κ1) is 19.4. The molecule has 1 amide bonds. The number of rotatable bonds is 8. The van der Waals surface area contributed by atoms with E-state index in [0.717, 1.165) is 29.8 Å². The zero-order chi connectivity index (χ0) is 19.8. The topological polar surface area (TPSA) is 63.2 Å². The summed E-state index contributed by atoms with van der Waals surface area (Å²) in [5.41, 5.74) is 3.95.